The zero-order valence-electron chi connectivity index (χ0n) is 14.7. The molecule has 2 rings (SSSR count). The first-order valence-corrected chi connectivity index (χ1v) is 9.04. The summed E-state index contributed by atoms with van der Waals surface area (Å²) in [6.07, 6.45) is 0.874. The topological polar surface area (TPSA) is 54.9 Å². The molecule has 0 saturated heterocycles. The number of nitrogens with zero attached hydrogens (tertiary/aromatic N) is 1. The summed E-state index contributed by atoms with van der Waals surface area (Å²) < 4.78 is 10.8. The van der Waals surface area contributed by atoms with Crippen LogP contribution in [0.1, 0.15) is 18.9 Å². The number of thiophene rings is 1. The van der Waals surface area contributed by atoms with E-state index in [4.69, 9.17) is 9.47 Å². The maximum absolute atomic E-state index is 5.73. The number of halogens is 1. The zero-order valence-corrected chi connectivity index (χ0v) is 17.8. The van der Waals surface area contributed by atoms with Crippen molar-refractivity contribution in [2.24, 2.45) is 4.99 Å². The first-order valence-electron chi connectivity index (χ1n) is 8.10. The van der Waals surface area contributed by atoms with Crippen molar-refractivity contribution in [2.75, 3.05) is 32.2 Å². The molecule has 0 spiro atoms. The molecule has 1 aromatic heterocycles. The fourth-order valence-corrected chi connectivity index (χ4v) is 2.71. The summed E-state index contributed by atoms with van der Waals surface area (Å²) in [6, 6.07) is 9.99. The second kappa shape index (κ2) is 13.0. The molecule has 0 radical (unpaired) electrons. The van der Waals surface area contributed by atoms with Crippen LogP contribution in [0.2, 0.25) is 0 Å². The van der Waals surface area contributed by atoms with Gasteiger partial charge in [-0.15, -0.1) is 24.0 Å². The second-order valence-electron chi connectivity index (χ2n) is 5.17. The Morgan fingerprint density at radius 2 is 2.12 bits per heavy atom. The average Bonchev–Trinajstić information content (AvgIpc) is 3.11. The molecular formula is C18H26IN3O2S. The molecule has 0 atom stereocenters. The van der Waals surface area contributed by atoms with E-state index >= 15 is 0 Å². The highest BCUT2D eigenvalue weighted by atomic mass is 127. The van der Waals surface area contributed by atoms with E-state index in [2.05, 4.69) is 39.4 Å². The Balaban J connectivity index is 0.00000312. The fourth-order valence-electron chi connectivity index (χ4n) is 2.05. The van der Waals surface area contributed by atoms with Gasteiger partial charge in [-0.2, -0.15) is 11.3 Å². The molecule has 0 aliphatic carbocycles. The van der Waals surface area contributed by atoms with Gasteiger partial charge < -0.3 is 20.1 Å². The minimum atomic E-state index is 0. The summed E-state index contributed by atoms with van der Waals surface area (Å²) in [7, 11) is 1.70. The van der Waals surface area contributed by atoms with E-state index in [0.717, 1.165) is 30.4 Å². The van der Waals surface area contributed by atoms with Gasteiger partial charge in [-0.3, -0.25) is 0 Å². The van der Waals surface area contributed by atoms with Crippen LogP contribution >= 0.6 is 35.3 Å². The highest BCUT2D eigenvalue weighted by Gasteiger charge is 2.02. The third-order valence-electron chi connectivity index (χ3n) is 3.20. The van der Waals surface area contributed by atoms with Gasteiger partial charge in [-0.1, -0.05) is 6.07 Å². The normalized spacial score (nSPS) is 10.9. The summed E-state index contributed by atoms with van der Waals surface area (Å²) in [4.78, 5) is 4.61. The van der Waals surface area contributed by atoms with Crippen LogP contribution in [0.3, 0.4) is 0 Å². The molecule has 2 aromatic rings. The van der Waals surface area contributed by atoms with Crippen molar-refractivity contribution in [3.05, 3.63) is 46.7 Å². The minimum Gasteiger partial charge on any atom is -0.493 e. The van der Waals surface area contributed by atoms with Crippen molar-refractivity contribution in [1.82, 2.24) is 5.32 Å². The monoisotopic (exact) mass is 475 g/mol. The number of hydrogen-bond acceptors (Lipinski definition) is 4. The number of anilines is 1. The highest BCUT2D eigenvalue weighted by molar-refractivity contribution is 14.0. The van der Waals surface area contributed by atoms with Gasteiger partial charge in [0.25, 0.3) is 0 Å². The van der Waals surface area contributed by atoms with E-state index in [9.17, 15) is 0 Å². The Morgan fingerprint density at radius 1 is 1.24 bits per heavy atom. The van der Waals surface area contributed by atoms with Crippen LogP contribution in [-0.2, 0) is 11.3 Å². The van der Waals surface area contributed by atoms with Gasteiger partial charge in [0.2, 0.25) is 0 Å². The van der Waals surface area contributed by atoms with Crippen LogP contribution in [-0.4, -0.2) is 32.8 Å². The molecule has 0 saturated carbocycles. The second-order valence-corrected chi connectivity index (χ2v) is 5.95. The van der Waals surface area contributed by atoms with Crippen LogP contribution in [0.15, 0.2) is 46.1 Å². The largest absolute Gasteiger partial charge is 0.493 e. The maximum Gasteiger partial charge on any atom is 0.196 e. The van der Waals surface area contributed by atoms with Crippen LogP contribution in [0.5, 0.6) is 5.75 Å². The van der Waals surface area contributed by atoms with Gasteiger partial charge in [0.1, 0.15) is 5.75 Å². The fraction of sp³-hybridized carbons (Fsp3) is 0.389. The van der Waals surface area contributed by atoms with Crippen molar-refractivity contribution in [2.45, 2.75) is 19.9 Å². The van der Waals surface area contributed by atoms with E-state index < -0.39 is 0 Å². The zero-order chi connectivity index (χ0) is 17.0. The molecule has 25 heavy (non-hydrogen) atoms. The van der Waals surface area contributed by atoms with E-state index in [1.165, 1.54) is 5.56 Å². The van der Waals surface area contributed by atoms with Gasteiger partial charge >= 0.3 is 0 Å². The third kappa shape index (κ3) is 8.55. The Labute approximate surface area is 170 Å². The molecule has 0 amide bonds. The van der Waals surface area contributed by atoms with Crippen LogP contribution in [0.25, 0.3) is 0 Å². The lowest BCUT2D eigenvalue weighted by Crippen LogP contribution is -2.30. The molecule has 0 unspecified atom stereocenters. The van der Waals surface area contributed by atoms with E-state index in [1.807, 2.05) is 24.3 Å². The van der Waals surface area contributed by atoms with Crippen molar-refractivity contribution < 1.29 is 9.47 Å². The van der Waals surface area contributed by atoms with E-state index in [1.54, 1.807) is 18.4 Å². The summed E-state index contributed by atoms with van der Waals surface area (Å²) in [5.41, 5.74) is 2.16. The molecule has 138 valence electrons. The third-order valence-corrected chi connectivity index (χ3v) is 3.93. The summed E-state index contributed by atoms with van der Waals surface area (Å²) in [5.74, 6) is 1.60. The predicted molar refractivity (Wildman–Crippen MR) is 117 cm³/mol. The quantitative estimate of drug-likeness (QED) is 0.245. The lowest BCUT2D eigenvalue weighted by molar-refractivity contribution is 0.172. The smallest absolute Gasteiger partial charge is 0.196 e. The van der Waals surface area contributed by atoms with E-state index in [-0.39, 0.29) is 24.0 Å². The molecule has 2 N–H and O–H groups in total. The van der Waals surface area contributed by atoms with Crippen LogP contribution in [0.4, 0.5) is 5.69 Å². The number of nitrogens with one attached hydrogen (secondary N) is 2. The molecule has 0 aliphatic heterocycles. The average molecular weight is 475 g/mol. The molecular weight excluding hydrogens is 449 g/mol. The minimum absolute atomic E-state index is 0. The molecule has 5 nitrogen and oxygen atoms in total. The van der Waals surface area contributed by atoms with Gasteiger partial charge in [0, 0.05) is 38.4 Å². The molecule has 0 bridgehead atoms. The predicted octanol–water partition coefficient (Wildman–Crippen LogP) is 4.36. The molecule has 0 fully saturated rings. The lowest BCUT2D eigenvalue weighted by atomic mass is 10.3. The molecule has 1 aromatic carbocycles. The van der Waals surface area contributed by atoms with Gasteiger partial charge in [0.15, 0.2) is 5.96 Å². The number of benzene rings is 1. The standard InChI is InChI=1S/C18H25N3O2S.HI/c1-3-19-18(20-13-15-8-11-24-14-15)21-16-6-4-7-17(12-16)23-10-5-9-22-2;/h4,6-8,11-12,14H,3,5,9-10,13H2,1-2H3,(H2,19,20,21);1H. The first kappa shape index (κ1) is 21.7. The Kier molecular flexibility index (Phi) is 11.3. The summed E-state index contributed by atoms with van der Waals surface area (Å²) >= 11 is 1.69. The SMILES string of the molecule is CCNC(=NCc1ccsc1)Nc1cccc(OCCCOC)c1.I. The number of aliphatic imine (C=N–C) groups is 1. The summed E-state index contributed by atoms with van der Waals surface area (Å²) in [6.45, 7) is 4.87. The first-order chi connectivity index (χ1) is 11.8. The van der Waals surface area contributed by atoms with Crippen molar-refractivity contribution in [1.29, 1.82) is 0 Å². The number of rotatable bonds is 9. The maximum atomic E-state index is 5.73. The van der Waals surface area contributed by atoms with Crippen molar-refractivity contribution >= 4 is 47.0 Å². The van der Waals surface area contributed by atoms with Gasteiger partial charge in [-0.05, 0) is 41.4 Å². The highest BCUT2D eigenvalue weighted by Crippen LogP contribution is 2.17. The van der Waals surface area contributed by atoms with Crippen molar-refractivity contribution in [3.63, 3.8) is 0 Å². The van der Waals surface area contributed by atoms with Crippen molar-refractivity contribution in [3.8, 4) is 5.75 Å². The Morgan fingerprint density at radius 3 is 2.84 bits per heavy atom. The molecule has 1 heterocycles. The lowest BCUT2D eigenvalue weighted by Gasteiger charge is -2.12. The van der Waals surface area contributed by atoms with Gasteiger partial charge in [0.05, 0.1) is 13.2 Å². The van der Waals surface area contributed by atoms with Gasteiger partial charge in [-0.25, -0.2) is 4.99 Å². The van der Waals surface area contributed by atoms with Crippen LogP contribution in [0, 0.1) is 0 Å². The summed E-state index contributed by atoms with van der Waals surface area (Å²) in [5, 5.41) is 10.8. The number of ether oxygens (including phenoxy) is 2. The molecule has 0 aliphatic rings. The number of guanidine groups is 1. The number of hydrogen-bond donors (Lipinski definition) is 2. The molecule has 7 heteroatoms. The number of methoxy groups -OCH3 is 1. The Bertz CT molecular complexity index is 621. The van der Waals surface area contributed by atoms with Crippen LogP contribution < -0.4 is 15.4 Å². The van der Waals surface area contributed by atoms with E-state index in [0.29, 0.717) is 19.8 Å². The Hall–Kier alpha value is -1.32.